The maximum absolute atomic E-state index is 14.5. The van der Waals surface area contributed by atoms with Crippen LogP contribution in [0, 0.1) is 18.2 Å². The topological polar surface area (TPSA) is 89.2 Å². The second-order valence-corrected chi connectivity index (χ2v) is 9.14. The van der Waals surface area contributed by atoms with Gasteiger partial charge in [-0.05, 0) is 55.2 Å². The number of nitrogens with two attached hydrogens (primary N) is 1. The van der Waals surface area contributed by atoms with Crippen LogP contribution in [0.15, 0.2) is 30.5 Å². The van der Waals surface area contributed by atoms with Crippen LogP contribution in [0.1, 0.15) is 29.8 Å². The molecule has 32 heavy (non-hydrogen) atoms. The first-order valence-corrected chi connectivity index (χ1v) is 11.0. The highest BCUT2D eigenvalue weighted by molar-refractivity contribution is 5.88. The van der Waals surface area contributed by atoms with Gasteiger partial charge in [-0.25, -0.2) is 4.39 Å². The van der Waals surface area contributed by atoms with Crippen LogP contribution < -0.4 is 20.7 Å². The van der Waals surface area contributed by atoms with Gasteiger partial charge in [0.2, 0.25) is 0 Å². The van der Waals surface area contributed by atoms with Crippen LogP contribution in [0.3, 0.4) is 0 Å². The first-order chi connectivity index (χ1) is 15.5. The molecular formula is C24H25FN6O. The third-order valence-electron chi connectivity index (χ3n) is 7.04. The summed E-state index contributed by atoms with van der Waals surface area (Å²) < 4.78 is 20.5. The number of ether oxygens (including phenoxy) is 1. The van der Waals surface area contributed by atoms with Crippen LogP contribution >= 0.6 is 0 Å². The maximum atomic E-state index is 14.5. The normalized spacial score (nSPS) is 19.8. The quantitative estimate of drug-likeness (QED) is 0.509. The number of nitrogens with one attached hydrogen (secondary N) is 1. The molecule has 7 nitrogen and oxygen atoms in total. The van der Waals surface area contributed by atoms with E-state index in [1.807, 2.05) is 19.1 Å². The Labute approximate surface area is 185 Å². The van der Waals surface area contributed by atoms with Crippen LogP contribution in [0.25, 0.3) is 11.1 Å². The van der Waals surface area contributed by atoms with Gasteiger partial charge in [-0.15, -0.1) is 0 Å². The molecule has 0 amide bonds. The van der Waals surface area contributed by atoms with Crippen LogP contribution in [0.4, 0.5) is 15.9 Å². The number of aromatic nitrogens is 3. The van der Waals surface area contributed by atoms with Crippen molar-refractivity contribution in [3.8, 4) is 22.9 Å². The Kier molecular flexibility index (Phi) is 4.17. The largest absolute Gasteiger partial charge is 0.423 e. The lowest BCUT2D eigenvalue weighted by Gasteiger charge is -2.21. The zero-order valence-electron chi connectivity index (χ0n) is 18.2. The molecule has 1 saturated carbocycles. The SMILES string of the molecule is CNc1cc(F)cc2c1Cc1nc(Oc3ccc(C)nc3)nc(N3CC(N)C4(CC4)C3)c1-2. The molecule has 3 aliphatic rings. The molecule has 2 fully saturated rings. The molecule has 8 heteroatoms. The molecule has 2 aliphatic carbocycles. The van der Waals surface area contributed by atoms with Gasteiger partial charge in [0.1, 0.15) is 17.4 Å². The van der Waals surface area contributed by atoms with Crippen molar-refractivity contribution in [3.05, 3.63) is 53.2 Å². The Hall–Kier alpha value is -3.26. The molecule has 164 valence electrons. The summed E-state index contributed by atoms with van der Waals surface area (Å²) in [6.07, 6.45) is 4.54. The average Bonchev–Trinajstić information content (AvgIpc) is 3.36. The van der Waals surface area contributed by atoms with Crippen molar-refractivity contribution in [2.24, 2.45) is 11.1 Å². The summed E-state index contributed by atoms with van der Waals surface area (Å²) in [6, 6.07) is 7.24. The van der Waals surface area contributed by atoms with Crippen LogP contribution in [0.2, 0.25) is 0 Å². The van der Waals surface area contributed by atoms with Gasteiger partial charge in [0.15, 0.2) is 0 Å². The number of anilines is 2. The van der Waals surface area contributed by atoms with Gasteiger partial charge >= 0.3 is 6.01 Å². The molecule has 1 spiro atoms. The summed E-state index contributed by atoms with van der Waals surface area (Å²) in [5.41, 5.74) is 11.9. The van der Waals surface area contributed by atoms with Gasteiger partial charge in [0, 0.05) is 55.0 Å². The standard InChI is InChI=1S/C24H25FN6O/c1-13-3-4-15(10-28-13)32-23-29-19-9-16-17(7-14(25)8-18(16)27-2)21(19)22(30-23)31-11-20(26)24(12-31)5-6-24/h3-4,7-8,10,20,27H,5-6,9,11-12,26H2,1-2H3. The van der Waals surface area contributed by atoms with E-state index >= 15 is 0 Å². The first-order valence-electron chi connectivity index (χ1n) is 11.0. The van der Waals surface area contributed by atoms with Gasteiger partial charge in [0.05, 0.1) is 11.9 Å². The predicted octanol–water partition coefficient (Wildman–Crippen LogP) is 3.65. The maximum Gasteiger partial charge on any atom is 0.324 e. The summed E-state index contributed by atoms with van der Waals surface area (Å²) in [7, 11) is 1.81. The van der Waals surface area contributed by atoms with E-state index in [0.29, 0.717) is 12.2 Å². The Morgan fingerprint density at radius 3 is 2.78 bits per heavy atom. The zero-order valence-corrected chi connectivity index (χ0v) is 18.2. The highest BCUT2D eigenvalue weighted by atomic mass is 19.1. The average molecular weight is 433 g/mol. The molecular weight excluding hydrogens is 407 g/mol. The van der Waals surface area contributed by atoms with E-state index in [4.69, 9.17) is 20.4 Å². The van der Waals surface area contributed by atoms with Crippen molar-refractivity contribution in [2.75, 3.05) is 30.4 Å². The number of hydrogen-bond donors (Lipinski definition) is 2. The molecule has 1 aliphatic heterocycles. The highest BCUT2D eigenvalue weighted by Gasteiger charge is 2.54. The van der Waals surface area contributed by atoms with Crippen molar-refractivity contribution >= 4 is 11.5 Å². The third-order valence-corrected chi connectivity index (χ3v) is 7.04. The molecule has 2 aromatic heterocycles. The summed E-state index contributed by atoms with van der Waals surface area (Å²) in [4.78, 5) is 16.1. The van der Waals surface area contributed by atoms with Gasteiger partial charge in [-0.1, -0.05) is 0 Å². The van der Waals surface area contributed by atoms with E-state index in [1.54, 1.807) is 19.3 Å². The molecule has 1 aromatic carbocycles. The highest BCUT2D eigenvalue weighted by Crippen LogP contribution is 2.54. The zero-order chi connectivity index (χ0) is 22.0. The van der Waals surface area contributed by atoms with Crippen molar-refractivity contribution in [2.45, 2.75) is 32.2 Å². The number of hydrogen-bond acceptors (Lipinski definition) is 7. The second-order valence-electron chi connectivity index (χ2n) is 9.14. The van der Waals surface area contributed by atoms with Gasteiger partial charge < -0.3 is 20.7 Å². The molecule has 1 unspecified atom stereocenters. The summed E-state index contributed by atoms with van der Waals surface area (Å²) in [6.45, 7) is 3.50. The first kappa shape index (κ1) is 19.4. The molecule has 1 saturated heterocycles. The molecule has 3 aromatic rings. The van der Waals surface area contributed by atoms with Crippen molar-refractivity contribution in [3.63, 3.8) is 0 Å². The molecule has 6 rings (SSSR count). The third kappa shape index (κ3) is 3.01. The molecule has 0 bridgehead atoms. The van der Waals surface area contributed by atoms with E-state index < -0.39 is 0 Å². The number of nitrogens with zero attached hydrogens (tertiary/aromatic N) is 4. The van der Waals surface area contributed by atoms with Crippen LogP contribution in [0.5, 0.6) is 11.8 Å². The summed E-state index contributed by atoms with van der Waals surface area (Å²) in [5, 5.41) is 3.12. The second kappa shape index (κ2) is 6.87. The number of fused-ring (bicyclic) bond motifs is 3. The fourth-order valence-corrected chi connectivity index (χ4v) is 5.05. The Morgan fingerprint density at radius 2 is 2.09 bits per heavy atom. The number of halogens is 1. The van der Waals surface area contributed by atoms with Gasteiger partial charge in [-0.3, -0.25) is 4.98 Å². The Bertz CT molecular complexity index is 1220. The summed E-state index contributed by atoms with van der Waals surface area (Å²) in [5.74, 6) is 1.07. The van der Waals surface area contributed by atoms with Gasteiger partial charge in [-0.2, -0.15) is 9.97 Å². The summed E-state index contributed by atoms with van der Waals surface area (Å²) >= 11 is 0. The van der Waals surface area contributed by atoms with E-state index in [9.17, 15) is 4.39 Å². The lowest BCUT2D eigenvalue weighted by atomic mass is 10.0. The molecule has 3 heterocycles. The number of pyridine rings is 1. The minimum Gasteiger partial charge on any atom is -0.423 e. The lowest BCUT2D eigenvalue weighted by molar-refractivity contribution is 0.438. The smallest absolute Gasteiger partial charge is 0.324 e. The van der Waals surface area contributed by atoms with Crippen molar-refractivity contribution < 1.29 is 9.13 Å². The van der Waals surface area contributed by atoms with E-state index in [2.05, 4.69) is 15.2 Å². The Balaban J connectivity index is 1.47. The fourth-order valence-electron chi connectivity index (χ4n) is 5.05. The van der Waals surface area contributed by atoms with E-state index in [1.165, 1.54) is 6.07 Å². The molecule has 3 N–H and O–H groups in total. The fraction of sp³-hybridized carbons (Fsp3) is 0.375. The van der Waals surface area contributed by atoms with E-state index in [-0.39, 0.29) is 23.3 Å². The lowest BCUT2D eigenvalue weighted by Crippen LogP contribution is -2.30. The van der Waals surface area contributed by atoms with Crippen molar-refractivity contribution in [1.82, 2.24) is 15.0 Å². The Morgan fingerprint density at radius 1 is 1.25 bits per heavy atom. The monoisotopic (exact) mass is 432 g/mol. The van der Waals surface area contributed by atoms with Crippen LogP contribution in [-0.2, 0) is 6.42 Å². The van der Waals surface area contributed by atoms with E-state index in [0.717, 1.165) is 65.5 Å². The predicted molar refractivity (Wildman–Crippen MR) is 121 cm³/mol. The number of aryl methyl sites for hydroxylation is 1. The minimum absolute atomic E-state index is 0.111. The van der Waals surface area contributed by atoms with Crippen LogP contribution in [-0.4, -0.2) is 41.1 Å². The van der Waals surface area contributed by atoms with Crippen molar-refractivity contribution in [1.29, 1.82) is 0 Å². The number of rotatable bonds is 4. The van der Waals surface area contributed by atoms with Gasteiger partial charge in [0.25, 0.3) is 0 Å². The molecule has 1 atom stereocenters. The minimum atomic E-state index is -0.283. The number of benzene rings is 1. The molecule has 0 radical (unpaired) electrons.